The van der Waals surface area contributed by atoms with Gasteiger partial charge in [0.05, 0.1) is 21.8 Å². The summed E-state index contributed by atoms with van der Waals surface area (Å²) in [5.41, 5.74) is 0.655. The van der Waals surface area contributed by atoms with Crippen LogP contribution >= 0.6 is 0 Å². The first kappa shape index (κ1) is 19.3. The number of nitrogens with zero attached hydrogens (tertiary/aromatic N) is 3. The lowest BCUT2D eigenvalue weighted by Crippen LogP contribution is -2.38. The van der Waals surface area contributed by atoms with E-state index in [1.54, 1.807) is 6.21 Å². The van der Waals surface area contributed by atoms with Crippen molar-refractivity contribution in [3.8, 4) is 0 Å². The van der Waals surface area contributed by atoms with Crippen LogP contribution in [0.5, 0.6) is 0 Å². The number of nitrogens with one attached hydrogen (secondary N) is 1. The van der Waals surface area contributed by atoms with Crippen molar-refractivity contribution in [1.29, 1.82) is 0 Å². The van der Waals surface area contributed by atoms with Gasteiger partial charge in [-0.25, -0.2) is 0 Å². The number of carbonyl (C=O) groups is 1. The van der Waals surface area contributed by atoms with Crippen LogP contribution in [0.1, 0.15) is 33.6 Å². The highest BCUT2D eigenvalue weighted by Crippen LogP contribution is 2.55. The molecular formula is C16H20N4O6. The van der Waals surface area contributed by atoms with Gasteiger partial charge in [0.2, 0.25) is 0 Å². The summed E-state index contributed by atoms with van der Waals surface area (Å²) in [6, 6.07) is 3.22. The van der Waals surface area contributed by atoms with Crippen molar-refractivity contribution in [3.63, 3.8) is 0 Å². The molecule has 2 rings (SSSR count). The molecule has 1 fully saturated rings. The Morgan fingerprint density at radius 2 is 1.96 bits per heavy atom. The van der Waals surface area contributed by atoms with Crippen LogP contribution in [0.25, 0.3) is 0 Å². The monoisotopic (exact) mass is 364 g/mol. The molecule has 1 aromatic carbocycles. The maximum absolute atomic E-state index is 11.4. The zero-order valence-electron chi connectivity index (χ0n) is 14.6. The SMILES string of the molecule is CC1(/C=N/Nc2ccc([N+](=O)[O-])cc2[N+](=O)[O-])CCC(C(=O)O)C1(C)C. The minimum atomic E-state index is -0.855. The lowest BCUT2D eigenvalue weighted by atomic mass is 9.66. The number of carboxylic acid groups (broad SMARTS) is 1. The third kappa shape index (κ3) is 3.35. The summed E-state index contributed by atoms with van der Waals surface area (Å²) in [5, 5.41) is 35.3. The van der Waals surface area contributed by atoms with E-state index < -0.39 is 38.3 Å². The van der Waals surface area contributed by atoms with Gasteiger partial charge in [0.25, 0.3) is 5.69 Å². The summed E-state index contributed by atoms with van der Waals surface area (Å²) in [7, 11) is 0. The molecule has 0 amide bonds. The summed E-state index contributed by atoms with van der Waals surface area (Å²) in [6.07, 6.45) is 2.70. The van der Waals surface area contributed by atoms with Crippen LogP contribution in [0, 0.1) is 37.0 Å². The molecule has 0 heterocycles. The first-order valence-electron chi connectivity index (χ1n) is 7.95. The zero-order valence-corrected chi connectivity index (χ0v) is 14.6. The molecule has 0 bridgehead atoms. The highest BCUT2D eigenvalue weighted by atomic mass is 16.6. The van der Waals surface area contributed by atoms with Crippen LogP contribution in [0.3, 0.4) is 0 Å². The molecule has 1 saturated carbocycles. The Morgan fingerprint density at radius 3 is 2.46 bits per heavy atom. The van der Waals surface area contributed by atoms with Gasteiger partial charge in [-0.15, -0.1) is 0 Å². The van der Waals surface area contributed by atoms with E-state index in [-0.39, 0.29) is 11.4 Å². The van der Waals surface area contributed by atoms with Crippen molar-refractivity contribution in [3.05, 3.63) is 38.4 Å². The second-order valence-electron chi connectivity index (χ2n) is 7.15. The van der Waals surface area contributed by atoms with E-state index in [9.17, 15) is 30.1 Å². The average molecular weight is 364 g/mol. The van der Waals surface area contributed by atoms with Gasteiger partial charge in [-0.2, -0.15) is 5.10 Å². The molecule has 0 aliphatic heterocycles. The molecule has 10 heteroatoms. The molecular weight excluding hydrogens is 344 g/mol. The van der Waals surface area contributed by atoms with E-state index in [1.165, 1.54) is 6.07 Å². The number of non-ortho nitro benzene ring substituents is 1. The summed E-state index contributed by atoms with van der Waals surface area (Å²) in [5.74, 6) is -1.36. The van der Waals surface area contributed by atoms with Crippen molar-refractivity contribution in [2.75, 3.05) is 5.43 Å². The standard InChI is InChI=1S/C16H20N4O6/c1-15(2)11(14(21)22)6-7-16(15,3)9-17-18-12-5-4-10(19(23)24)8-13(12)20(25)26/h4-5,8-9,11,18H,6-7H2,1-3H3,(H,21,22)/b17-9+. The molecule has 0 spiro atoms. The third-order valence-electron chi connectivity index (χ3n) is 5.52. The maximum atomic E-state index is 11.4. The first-order valence-corrected chi connectivity index (χ1v) is 7.95. The largest absolute Gasteiger partial charge is 0.481 e. The molecule has 2 unspecified atom stereocenters. The van der Waals surface area contributed by atoms with Gasteiger partial charge in [0, 0.05) is 17.7 Å². The molecule has 0 radical (unpaired) electrons. The number of aliphatic carboxylic acids is 1. The smallest absolute Gasteiger partial charge is 0.307 e. The van der Waals surface area contributed by atoms with Gasteiger partial charge in [-0.3, -0.25) is 30.4 Å². The van der Waals surface area contributed by atoms with Crippen LogP contribution in [0.15, 0.2) is 23.3 Å². The Labute approximate surface area is 149 Å². The third-order valence-corrected chi connectivity index (χ3v) is 5.52. The predicted molar refractivity (Wildman–Crippen MR) is 94.1 cm³/mol. The van der Waals surface area contributed by atoms with Gasteiger partial charge in [0.1, 0.15) is 5.69 Å². The Bertz CT molecular complexity index is 791. The van der Waals surface area contributed by atoms with Gasteiger partial charge < -0.3 is 5.11 Å². The van der Waals surface area contributed by atoms with E-state index in [2.05, 4.69) is 10.5 Å². The molecule has 1 aliphatic rings. The number of nitro groups is 2. The zero-order chi connectivity index (χ0) is 19.7. The lowest BCUT2D eigenvalue weighted by Gasteiger charge is -2.37. The van der Waals surface area contributed by atoms with E-state index in [0.717, 1.165) is 12.1 Å². The number of anilines is 1. The highest BCUT2D eigenvalue weighted by Gasteiger charge is 2.53. The quantitative estimate of drug-likeness (QED) is 0.446. The molecule has 2 atom stereocenters. The number of nitro benzene ring substituents is 2. The number of carboxylic acids is 1. The fourth-order valence-corrected chi connectivity index (χ4v) is 3.31. The normalized spacial score (nSPS) is 24.5. The minimum absolute atomic E-state index is 0.0195. The molecule has 1 aromatic rings. The Hall–Kier alpha value is -3.04. The highest BCUT2D eigenvalue weighted by molar-refractivity contribution is 5.76. The van der Waals surface area contributed by atoms with Crippen LogP contribution in [0.4, 0.5) is 17.1 Å². The van der Waals surface area contributed by atoms with Crippen molar-refractivity contribution >= 4 is 29.2 Å². The second-order valence-corrected chi connectivity index (χ2v) is 7.15. The molecule has 26 heavy (non-hydrogen) atoms. The van der Waals surface area contributed by atoms with Crippen molar-refractivity contribution in [1.82, 2.24) is 0 Å². The topological polar surface area (TPSA) is 148 Å². The lowest BCUT2D eigenvalue weighted by molar-refractivity contribution is -0.393. The van der Waals surface area contributed by atoms with Gasteiger partial charge in [-0.05, 0) is 24.3 Å². The number of hydrogen-bond acceptors (Lipinski definition) is 7. The number of rotatable bonds is 6. The van der Waals surface area contributed by atoms with Crippen LogP contribution in [-0.2, 0) is 4.79 Å². The summed E-state index contributed by atoms with van der Waals surface area (Å²) in [6.45, 7) is 5.61. The maximum Gasteiger partial charge on any atom is 0.307 e. The summed E-state index contributed by atoms with van der Waals surface area (Å²) in [4.78, 5) is 31.9. The fraction of sp³-hybridized carbons (Fsp3) is 0.500. The predicted octanol–water partition coefficient (Wildman–Crippen LogP) is 3.43. The van der Waals surface area contributed by atoms with Crippen molar-refractivity contribution in [2.45, 2.75) is 33.6 Å². The van der Waals surface area contributed by atoms with E-state index in [4.69, 9.17) is 0 Å². The van der Waals surface area contributed by atoms with Gasteiger partial charge >= 0.3 is 11.7 Å². The first-order chi connectivity index (χ1) is 12.0. The Kier molecular flexibility index (Phi) is 4.97. The molecule has 10 nitrogen and oxygen atoms in total. The van der Waals surface area contributed by atoms with Crippen LogP contribution in [-0.4, -0.2) is 27.1 Å². The van der Waals surface area contributed by atoms with Crippen molar-refractivity contribution in [2.24, 2.45) is 21.8 Å². The molecule has 0 aromatic heterocycles. The molecule has 0 saturated heterocycles. The fourth-order valence-electron chi connectivity index (χ4n) is 3.31. The molecule has 1 aliphatic carbocycles. The summed E-state index contributed by atoms with van der Waals surface area (Å²) < 4.78 is 0. The Morgan fingerprint density at radius 1 is 1.31 bits per heavy atom. The second kappa shape index (κ2) is 6.70. The summed E-state index contributed by atoms with van der Waals surface area (Å²) >= 11 is 0. The molecule has 140 valence electrons. The average Bonchev–Trinajstić information content (AvgIpc) is 2.77. The van der Waals surface area contributed by atoms with E-state index >= 15 is 0 Å². The van der Waals surface area contributed by atoms with Crippen LogP contribution < -0.4 is 5.43 Å². The van der Waals surface area contributed by atoms with Crippen LogP contribution in [0.2, 0.25) is 0 Å². The van der Waals surface area contributed by atoms with Crippen molar-refractivity contribution < 1.29 is 19.7 Å². The van der Waals surface area contributed by atoms with Gasteiger partial charge in [-0.1, -0.05) is 20.8 Å². The van der Waals surface area contributed by atoms with Gasteiger partial charge in [0.15, 0.2) is 0 Å². The Balaban J connectivity index is 2.24. The molecule has 2 N–H and O–H groups in total. The van der Waals surface area contributed by atoms with E-state index in [0.29, 0.717) is 12.8 Å². The minimum Gasteiger partial charge on any atom is -0.481 e. The number of hydrazone groups is 1. The number of benzene rings is 1. The number of hydrogen-bond donors (Lipinski definition) is 2. The van der Waals surface area contributed by atoms with E-state index in [1.807, 2.05) is 20.8 Å².